The Hall–Kier alpha value is -0.890. The van der Waals surface area contributed by atoms with Crippen molar-refractivity contribution in [3.63, 3.8) is 0 Å². The highest BCUT2D eigenvalue weighted by atomic mass is 32.1. The fourth-order valence-electron chi connectivity index (χ4n) is 1.32. The fraction of sp³-hybridized carbons (Fsp3) is 0.545. The highest BCUT2D eigenvalue weighted by molar-refractivity contribution is 7.08. The van der Waals surface area contributed by atoms with E-state index in [1.807, 2.05) is 23.8 Å². The molecule has 0 N–H and O–H groups in total. The van der Waals surface area contributed by atoms with E-state index in [4.69, 9.17) is 14.7 Å². The molecule has 1 aromatic rings. The number of rotatable bonds is 6. The number of thiophene rings is 1. The molecule has 2 unspecified atom stereocenters. The van der Waals surface area contributed by atoms with E-state index in [0.717, 1.165) is 5.56 Å². The molecule has 82 valence electrons. The van der Waals surface area contributed by atoms with Crippen molar-refractivity contribution >= 4 is 11.3 Å². The molecule has 0 amide bonds. The van der Waals surface area contributed by atoms with Gasteiger partial charge in [0.05, 0.1) is 18.1 Å². The minimum Gasteiger partial charge on any atom is -0.359 e. The first-order chi connectivity index (χ1) is 7.27. The van der Waals surface area contributed by atoms with Gasteiger partial charge in [0.25, 0.3) is 0 Å². The van der Waals surface area contributed by atoms with Gasteiger partial charge < -0.3 is 9.47 Å². The summed E-state index contributed by atoms with van der Waals surface area (Å²) in [7, 11) is 1.59. The monoisotopic (exact) mass is 225 g/mol. The van der Waals surface area contributed by atoms with Gasteiger partial charge in [0, 0.05) is 7.11 Å². The van der Waals surface area contributed by atoms with E-state index < -0.39 is 0 Å². The quantitative estimate of drug-likeness (QED) is 0.699. The van der Waals surface area contributed by atoms with Crippen LogP contribution in [0, 0.1) is 11.3 Å². The Labute approximate surface area is 94.2 Å². The van der Waals surface area contributed by atoms with Crippen molar-refractivity contribution in [1.29, 1.82) is 5.26 Å². The topological polar surface area (TPSA) is 42.2 Å². The van der Waals surface area contributed by atoms with Crippen molar-refractivity contribution < 1.29 is 9.47 Å². The SMILES string of the molecule is COCOC(C)CC(C#N)c1ccsc1. The minimum atomic E-state index is -0.0805. The number of ether oxygens (including phenoxy) is 2. The Balaban J connectivity index is 2.45. The van der Waals surface area contributed by atoms with Gasteiger partial charge in [-0.2, -0.15) is 16.6 Å². The van der Waals surface area contributed by atoms with Crippen LogP contribution in [0.4, 0.5) is 0 Å². The van der Waals surface area contributed by atoms with Gasteiger partial charge in [-0.3, -0.25) is 0 Å². The van der Waals surface area contributed by atoms with E-state index in [1.54, 1.807) is 18.4 Å². The zero-order valence-electron chi connectivity index (χ0n) is 8.97. The van der Waals surface area contributed by atoms with E-state index in [2.05, 4.69) is 6.07 Å². The molecule has 1 heterocycles. The molecule has 0 saturated carbocycles. The smallest absolute Gasteiger partial charge is 0.146 e. The summed E-state index contributed by atoms with van der Waals surface area (Å²) in [4.78, 5) is 0. The van der Waals surface area contributed by atoms with E-state index in [-0.39, 0.29) is 18.8 Å². The molecule has 0 spiro atoms. The average molecular weight is 225 g/mol. The molecular formula is C11H15NO2S. The summed E-state index contributed by atoms with van der Waals surface area (Å²) in [6.07, 6.45) is 0.742. The van der Waals surface area contributed by atoms with Crippen LogP contribution in [-0.4, -0.2) is 20.0 Å². The van der Waals surface area contributed by atoms with Crippen LogP contribution in [0.3, 0.4) is 0 Å². The molecule has 0 aliphatic rings. The first-order valence-electron chi connectivity index (χ1n) is 4.80. The summed E-state index contributed by atoms with van der Waals surface area (Å²) in [5.74, 6) is -0.0805. The third-order valence-corrected chi connectivity index (χ3v) is 2.84. The lowest BCUT2D eigenvalue weighted by atomic mass is 9.98. The van der Waals surface area contributed by atoms with Gasteiger partial charge in [0.2, 0.25) is 0 Å². The van der Waals surface area contributed by atoms with Crippen molar-refractivity contribution in [3.05, 3.63) is 22.4 Å². The Morgan fingerprint density at radius 3 is 2.93 bits per heavy atom. The van der Waals surface area contributed by atoms with E-state index >= 15 is 0 Å². The summed E-state index contributed by atoms with van der Waals surface area (Å²) in [6.45, 7) is 2.23. The van der Waals surface area contributed by atoms with Gasteiger partial charge in [-0.05, 0) is 35.7 Å². The number of hydrogen-bond donors (Lipinski definition) is 0. The number of nitriles is 1. The van der Waals surface area contributed by atoms with Gasteiger partial charge in [-0.1, -0.05) is 0 Å². The van der Waals surface area contributed by atoms with Gasteiger partial charge in [0.15, 0.2) is 0 Å². The van der Waals surface area contributed by atoms with Crippen LogP contribution >= 0.6 is 11.3 Å². The molecule has 0 radical (unpaired) electrons. The lowest BCUT2D eigenvalue weighted by Gasteiger charge is -2.15. The zero-order valence-corrected chi connectivity index (χ0v) is 9.79. The summed E-state index contributed by atoms with van der Waals surface area (Å²) < 4.78 is 10.2. The van der Waals surface area contributed by atoms with Crippen LogP contribution in [0.2, 0.25) is 0 Å². The fourth-order valence-corrected chi connectivity index (χ4v) is 2.03. The van der Waals surface area contributed by atoms with Gasteiger partial charge in [0.1, 0.15) is 6.79 Å². The number of nitrogens with zero attached hydrogens (tertiary/aromatic N) is 1. The second-order valence-corrected chi connectivity index (χ2v) is 4.14. The molecule has 0 aliphatic carbocycles. The Morgan fingerprint density at radius 2 is 2.40 bits per heavy atom. The Morgan fingerprint density at radius 1 is 1.60 bits per heavy atom. The molecule has 3 nitrogen and oxygen atoms in total. The van der Waals surface area contributed by atoms with Crippen molar-refractivity contribution in [3.8, 4) is 6.07 Å². The van der Waals surface area contributed by atoms with E-state index in [0.29, 0.717) is 6.42 Å². The standard InChI is InChI=1S/C11H15NO2S/c1-9(14-8-13-2)5-11(6-12)10-3-4-15-7-10/h3-4,7,9,11H,5,8H2,1-2H3. The van der Waals surface area contributed by atoms with E-state index in [1.165, 1.54) is 0 Å². The molecule has 15 heavy (non-hydrogen) atoms. The first kappa shape index (κ1) is 12.2. The van der Waals surface area contributed by atoms with E-state index in [9.17, 15) is 0 Å². The largest absolute Gasteiger partial charge is 0.359 e. The molecule has 0 saturated heterocycles. The second-order valence-electron chi connectivity index (χ2n) is 3.36. The van der Waals surface area contributed by atoms with Gasteiger partial charge >= 0.3 is 0 Å². The normalized spacial score (nSPS) is 14.5. The van der Waals surface area contributed by atoms with Crippen LogP contribution in [0.5, 0.6) is 0 Å². The van der Waals surface area contributed by atoms with Crippen LogP contribution in [0.25, 0.3) is 0 Å². The van der Waals surface area contributed by atoms with Crippen LogP contribution < -0.4 is 0 Å². The molecule has 1 rings (SSSR count). The molecule has 2 atom stereocenters. The molecule has 0 aromatic carbocycles. The maximum absolute atomic E-state index is 9.04. The second kappa shape index (κ2) is 6.57. The predicted octanol–water partition coefficient (Wildman–Crippen LogP) is 2.75. The predicted molar refractivity (Wildman–Crippen MR) is 59.7 cm³/mol. The van der Waals surface area contributed by atoms with Crippen LogP contribution in [0.1, 0.15) is 24.8 Å². The molecule has 1 aromatic heterocycles. The van der Waals surface area contributed by atoms with Gasteiger partial charge in [-0.25, -0.2) is 0 Å². The third-order valence-electron chi connectivity index (χ3n) is 2.14. The van der Waals surface area contributed by atoms with Crippen molar-refractivity contribution in [2.24, 2.45) is 0 Å². The van der Waals surface area contributed by atoms with Crippen molar-refractivity contribution in [2.75, 3.05) is 13.9 Å². The lowest BCUT2D eigenvalue weighted by Crippen LogP contribution is -2.13. The Kier molecular flexibility index (Phi) is 5.33. The molecule has 0 bridgehead atoms. The summed E-state index contributed by atoms with van der Waals surface area (Å²) >= 11 is 1.61. The third kappa shape index (κ3) is 4.00. The average Bonchev–Trinajstić information content (AvgIpc) is 2.76. The number of methoxy groups -OCH3 is 1. The molecule has 0 aliphatic heterocycles. The highest BCUT2D eigenvalue weighted by Gasteiger charge is 2.15. The molecule has 0 fully saturated rings. The van der Waals surface area contributed by atoms with Crippen molar-refractivity contribution in [1.82, 2.24) is 0 Å². The van der Waals surface area contributed by atoms with Crippen LogP contribution in [0.15, 0.2) is 16.8 Å². The van der Waals surface area contributed by atoms with Crippen LogP contribution in [-0.2, 0) is 9.47 Å². The highest BCUT2D eigenvalue weighted by Crippen LogP contribution is 2.23. The lowest BCUT2D eigenvalue weighted by molar-refractivity contribution is -0.0680. The van der Waals surface area contributed by atoms with Gasteiger partial charge in [-0.15, -0.1) is 0 Å². The number of hydrogen-bond acceptors (Lipinski definition) is 4. The Bertz CT molecular complexity index is 305. The maximum Gasteiger partial charge on any atom is 0.146 e. The summed E-state index contributed by atoms with van der Waals surface area (Å²) in [5.41, 5.74) is 1.08. The molecular weight excluding hydrogens is 210 g/mol. The summed E-state index contributed by atoms with van der Waals surface area (Å²) in [5, 5.41) is 13.0. The van der Waals surface area contributed by atoms with Crippen molar-refractivity contribution in [2.45, 2.75) is 25.4 Å². The summed E-state index contributed by atoms with van der Waals surface area (Å²) in [6, 6.07) is 4.29. The maximum atomic E-state index is 9.04. The molecule has 4 heteroatoms. The minimum absolute atomic E-state index is 0.0366. The first-order valence-corrected chi connectivity index (χ1v) is 5.74. The zero-order chi connectivity index (χ0) is 11.1.